The largest absolute Gasteiger partial charge is 0.391 e. The number of thiazole rings is 1. The van der Waals surface area contributed by atoms with E-state index in [0.717, 1.165) is 30.6 Å². The molecule has 2 amide bonds. The first-order chi connectivity index (χ1) is 12.7. The van der Waals surface area contributed by atoms with Crippen molar-refractivity contribution in [3.63, 3.8) is 0 Å². The minimum Gasteiger partial charge on any atom is -0.319 e. The maximum absolute atomic E-state index is 13.0. The van der Waals surface area contributed by atoms with Gasteiger partial charge in [0.2, 0.25) is 0 Å². The summed E-state index contributed by atoms with van der Waals surface area (Å²) in [5.41, 5.74) is 0. The van der Waals surface area contributed by atoms with Gasteiger partial charge in [-0.15, -0.1) is 11.3 Å². The zero-order valence-corrected chi connectivity index (χ0v) is 16.7. The van der Waals surface area contributed by atoms with Gasteiger partial charge in [0, 0.05) is 23.2 Å². The van der Waals surface area contributed by atoms with E-state index in [4.69, 9.17) is 0 Å². The Hall–Kier alpha value is -1.31. The molecule has 2 fully saturated rings. The first-order valence-electron chi connectivity index (χ1n) is 9.82. The minimum atomic E-state index is -4.13. The second-order valence-corrected chi connectivity index (χ2v) is 9.31. The summed E-state index contributed by atoms with van der Waals surface area (Å²) < 4.78 is 39.0. The Balaban J connectivity index is 1.71. The SMILES string of the molecule is Cc1cnc(NC(=O)N(C2CCC(C)CC2)C2CCC(C(F)(F)F)CC2)s1. The summed E-state index contributed by atoms with van der Waals surface area (Å²) in [4.78, 5) is 20.1. The fourth-order valence-electron chi connectivity index (χ4n) is 4.40. The van der Waals surface area contributed by atoms with Crippen molar-refractivity contribution in [1.82, 2.24) is 9.88 Å². The van der Waals surface area contributed by atoms with E-state index in [1.165, 1.54) is 11.3 Å². The van der Waals surface area contributed by atoms with Crippen LogP contribution < -0.4 is 5.32 Å². The Morgan fingerprint density at radius 2 is 1.67 bits per heavy atom. The summed E-state index contributed by atoms with van der Waals surface area (Å²) in [5.74, 6) is -0.583. The standard InChI is InChI=1S/C19H28F3N3OS/c1-12-3-7-15(8-4-12)25(18(26)24-17-23-11-13(2)27-17)16-9-5-14(6-10-16)19(20,21)22/h11-12,14-16H,3-10H2,1-2H3,(H,23,24,26). The van der Waals surface area contributed by atoms with E-state index in [-0.39, 0.29) is 31.0 Å². The molecule has 0 radical (unpaired) electrons. The van der Waals surface area contributed by atoms with Crippen molar-refractivity contribution in [2.24, 2.45) is 11.8 Å². The Labute approximate surface area is 162 Å². The van der Waals surface area contributed by atoms with E-state index >= 15 is 0 Å². The third kappa shape index (κ3) is 5.15. The molecule has 0 spiro atoms. The second-order valence-electron chi connectivity index (χ2n) is 8.07. The Kier molecular flexibility index (Phi) is 6.33. The number of nitrogens with one attached hydrogen (secondary N) is 1. The number of hydrogen-bond donors (Lipinski definition) is 1. The number of urea groups is 1. The van der Waals surface area contributed by atoms with Crippen LogP contribution in [0.1, 0.15) is 63.2 Å². The van der Waals surface area contributed by atoms with Crippen molar-refractivity contribution in [2.75, 3.05) is 5.32 Å². The minimum absolute atomic E-state index is 0.106. The smallest absolute Gasteiger partial charge is 0.319 e. The van der Waals surface area contributed by atoms with Crippen LogP contribution in [0.4, 0.5) is 23.1 Å². The van der Waals surface area contributed by atoms with Crippen molar-refractivity contribution in [1.29, 1.82) is 0 Å². The predicted octanol–water partition coefficient (Wildman–Crippen LogP) is 5.99. The summed E-state index contributed by atoms with van der Waals surface area (Å²) in [6.07, 6.45) is 2.59. The number of aryl methyl sites for hydroxylation is 1. The monoisotopic (exact) mass is 403 g/mol. The molecular formula is C19H28F3N3OS. The number of rotatable bonds is 3. The molecule has 152 valence electrons. The van der Waals surface area contributed by atoms with Gasteiger partial charge in [-0.25, -0.2) is 9.78 Å². The molecule has 0 aromatic carbocycles. The highest BCUT2D eigenvalue weighted by Gasteiger charge is 2.44. The lowest BCUT2D eigenvalue weighted by Gasteiger charge is -2.43. The quantitative estimate of drug-likeness (QED) is 0.674. The van der Waals surface area contributed by atoms with Crippen molar-refractivity contribution in [2.45, 2.75) is 83.5 Å². The summed E-state index contributed by atoms with van der Waals surface area (Å²) >= 11 is 1.41. The summed E-state index contributed by atoms with van der Waals surface area (Å²) in [6, 6.07) is -0.225. The van der Waals surface area contributed by atoms with Crippen molar-refractivity contribution < 1.29 is 18.0 Å². The van der Waals surface area contributed by atoms with Crippen LogP contribution in [-0.4, -0.2) is 34.2 Å². The molecule has 2 saturated carbocycles. The molecule has 0 saturated heterocycles. The van der Waals surface area contributed by atoms with E-state index in [1.807, 2.05) is 11.8 Å². The number of nitrogens with zero attached hydrogens (tertiary/aromatic N) is 2. The average Bonchev–Trinajstić information content (AvgIpc) is 3.01. The van der Waals surface area contributed by atoms with Gasteiger partial charge in [0.1, 0.15) is 0 Å². The number of alkyl halides is 3. The molecule has 2 aliphatic carbocycles. The predicted molar refractivity (Wildman–Crippen MR) is 101 cm³/mol. The fraction of sp³-hybridized carbons (Fsp3) is 0.789. The first kappa shape index (κ1) is 20.4. The highest BCUT2D eigenvalue weighted by molar-refractivity contribution is 7.15. The zero-order chi connectivity index (χ0) is 19.6. The molecule has 3 rings (SSSR count). The lowest BCUT2D eigenvalue weighted by atomic mass is 9.82. The molecular weight excluding hydrogens is 375 g/mol. The highest BCUT2D eigenvalue weighted by atomic mass is 32.1. The Morgan fingerprint density at radius 1 is 1.11 bits per heavy atom. The third-order valence-electron chi connectivity index (χ3n) is 6.00. The number of aromatic nitrogens is 1. The number of amides is 2. The molecule has 27 heavy (non-hydrogen) atoms. The van der Waals surface area contributed by atoms with E-state index in [1.54, 1.807) is 6.20 Å². The van der Waals surface area contributed by atoms with Crippen molar-refractivity contribution >= 4 is 22.5 Å². The topological polar surface area (TPSA) is 45.2 Å². The number of carbonyl (C=O) groups excluding carboxylic acids is 1. The van der Waals surface area contributed by atoms with Crippen LogP contribution in [0.15, 0.2) is 6.20 Å². The molecule has 0 bridgehead atoms. The Bertz CT molecular complexity index is 632. The molecule has 4 nitrogen and oxygen atoms in total. The molecule has 1 heterocycles. The van der Waals surface area contributed by atoms with E-state index < -0.39 is 12.1 Å². The zero-order valence-electron chi connectivity index (χ0n) is 15.9. The van der Waals surface area contributed by atoms with E-state index in [0.29, 0.717) is 23.9 Å². The summed E-state index contributed by atoms with van der Waals surface area (Å²) in [7, 11) is 0. The summed E-state index contributed by atoms with van der Waals surface area (Å²) in [5, 5.41) is 3.43. The van der Waals surface area contributed by atoms with Gasteiger partial charge in [-0.2, -0.15) is 13.2 Å². The third-order valence-corrected chi connectivity index (χ3v) is 6.83. The van der Waals surface area contributed by atoms with Crippen LogP contribution >= 0.6 is 11.3 Å². The van der Waals surface area contributed by atoms with Crippen LogP contribution in [0.2, 0.25) is 0 Å². The van der Waals surface area contributed by atoms with Crippen LogP contribution in [-0.2, 0) is 0 Å². The van der Waals surface area contributed by atoms with Crippen LogP contribution in [0.5, 0.6) is 0 Å². The molecule has 2 aliphatic rings. The van der Waals surface area contributed by atoms with Gasteiger partial charge >= 0.3 is 12.2 Å². The van der Waals surface area contributed by atoms with Gasteiger partial charge in [-0.05, 0) is 64.2 Å². The van der Waals surface area contributed by atoms with Gasteiger partial charge in [0.15, 0.2) is 5.13 Å². The number of carbonyl (C=O) groups is 1. The maximum atomic E-state index is 13.0. The molecule has 1 aromatic rings. The van der Waals surface area contributed by atoms with Gasteiger partial charge < -0.3 is 4.90 Å². The highest BCUT2D eigenvalue weighted by Crippen LogP contribution is 2.40. The van der Waals surface area contributed by atoms with Gasteiger partial charge in [-0.3, -0.25) is 5.32 Å². The van der Waals surface area contributed by atoms with Crippen LogP contribution in [0.25, 0.3) is 0 Å². The van der Waals surface area contributed by atoms with E-state index in [9.17, 15) is 18.0 Å². The number of hydrogen-bond acceptors (Lipinski definition) is 3. The first-order valence-corrected chi connectivity index (χ1v) is 10.6. The van der Waals surface area contributed by atoms with Gasteiger partial charge in [0.05, 0.1) is 5.92 Å². The van der Waals surface area contributed by atoms with E-state index in [2.05, 4.69) is 17.2 Å². The normalized spacial score (nSPS) is 29.4. The van der Waals surface area contributed by atoms with Crippen molar-refractivity contribution in [3.05, 3.63) is 11.1 Å². The van der Waals surface area contributed by atoms with Crippen molar-refractivity contribution in [3.8, 4) is 0 Å². The van der Waals surface area contributed by atoms with Crippen LogP contribution in [0.3, 0.4) is 0 Å². The molecule has 8 heteroatoms. The lowest BCUT2D eigenvalue weighted by Crippen LogP contribution is -2.52. The maximum Gasteiger partial charge on any atom is 0.391 e. The molecule has 0 aliphatic heterocycles. The molecule has 0 unspecified atom stereocenters. The Morgan fingerprint density at radius 3 is 2.15 bits per heavy atom. The molecule has 1 N–H and O–H groups in total. The number of halogens is 3. The van der Waals surface area contributed by atoms with Gasteiger partial charge in [0.25, 0.3) is 0 Å². The van der Waals surface area contributed by atoms with Gasteiger partial charge in [-0.1, -0.05) is 6.92 Å². The molecule has 0 atom stereocenters. The average molecular weight is 404 g/mol. The fourth-order valence-corrected chi connectivity index (χ4v) is 5.05. The van der Waals surface area contributed by atoms with Crippen LogP contribution in [0, 0.1) is 18.8 Å². The molecule has 1 aromatic heterocycles. The number of anilines is 1. The summed E-state index contributed by atoms with van der Waals surface area (Å²) in [6.45, 7) is 4.14. The second kappa shape index (κ2) is 8.37. The lowest BCUT2D eigenvalue weighted by molar-refractivity contribution is -0.184.